The molecule has 0 aliphatic rings. The summed E-state index contributed by atoms with van der Waals surface area (Å²) in [7, 11) is 0. The molecule has 6 heteroatoms. The van der Waals surface area contributed by atoms with E-state index in [2.05, 4.69) is 0 Å². The molecule has 0 bridgehead atoms. The SMILES string of the molecule is Cc1c(C)c(CSCCO)c(O)c(O)c1CSCCO. The summed E-state index contributed by atoms with van der Waals surface area (Å²) in [6.45, 7) is 4.07. The molecule has 0 saturated carbocycles. The number of aromatic hydroxyl groups is 2. The first-order valence-electron chi connectivity index (χ1n) is 6.44. The molecule has 0 amide bonds. The molecule has 0 fully saturated rings. The minimum Gasteiger partial charge on any atom is -0.504 e. The van der Waals surface area contributed by atoms with E-state index >= 15 is 0 Å². The maximum absolute atomic E-state index is 10.2. The van der Waals surface area contributed by atoms with Crippen molar-refractivity contribution < 1.29 is 20.4 Å². The molecular formula is C14H22O4S2. The quantitative estimate of drug-likeness (QED) is 0.434. The number of aliphatic hydroxyl groups excluding tert-OH is 2. The van der Waals surface area contributed by atoms with Crippen molar-refractivity contribution in [1.82, 2.24) is 0 Å². The fraction of sp³-hybridized carbons (Fsp3) is 0.571. The van der Waals surface area contributed by atoms with Crippen LogP contribution < -0.4 is 0 Å². The molecule has 0 saturated heterocycles. The smallest absolute Gasteiger partial charge is 0.162 e. The van der Waals surface area contributed by atoms with Crippen molar-refractivity contribution in [3.8, 4) is 11.5 Å². The van der Waals surface area contributed by atoms with Crippen LogP contribution in [-0.2, 0) is 11.5 Å². The molecule has 0 radical (unpaired) electrons. The van der Waals surface area contributed by atoms with Crippen molar-refractivity contribution in [2.24, 2.45) is 0 Å². The van der Waals surface area contributed by atoms with Crippen LogP contribution in [0.3, 0.4) is 0 Å². The van der Waals surface area contributed by atoms with Crippen LogP contribution in [0.5, 0.6) is 11.5 Å². The van der Waals surface area contributed by atoms with Gasteiger partial charge in [-0.05, 0) is 25.0 Å². The number of hydrogen-bond acceptors (Lipinski definition) is 6. The van der Waals surface area contributed by atoms with E-state index in [1.165, 1.54) is 23.5 Å². The van der Waals surface area contributed by atoms with Crippen molar-refractivity contribution in [1.29, 1.82) is 0 Å². The van der Waals surface area contributed by atoms with Crippen molar-refractivity contribution in [2.45, 2.75) is 25.4 Å². The molecule has 1 aromatic carbocycles. The average molecular weight is 318 g/mol. The van der Waals surface area contributed by atoms with Gasteiger partial charge in [0.1, 0.15) is 0 Å². The Morgan fingerprint density at radius 3 is 1.40 bits per heavy atom. The highest BCUT2D eigenvalue weighted by Gasteiger charge is 2.18. The normalized spacial score (nSPS) is 11.0. The molecule has 0 spiro atoms. The number of thioether (sulfide) groups is 2. The number of aliphatic hydroxyl groups is 2. The van der Waals surface area contributed by atoms with E-state index in [0.717, 1.165) is 22.3 Å². The Balaban J connectivity index is 3.00. The highest BCUT2D eigenvalue weighted by molar-refractivity contribution is 7.98. The maximum Gasteiger partial charge on any atom is 0.162 e. The Hall–Kier alpha value is -0.560. The Labute approximate surface area is 128 Å². The van der Waals surface area contributed by atoms with Gasteiger partial charge in [-0.25, -0.2) is 0 Å². The van der Waals surface area contributed by atoms with Crippen LogP contribution in [0.1, 0.15) is 22.3 Å². The fourth-order valence-electron chi connectivity index (χ4n) is 1.92. The zero-order chi connectivity index (χ0) is 15.1. The van der Waals surface area contributed by atoms with Gasteiger partial charge in [0.05, 0.1) is 13.2 Å². The number of hydrogen-bond donors (Lipinski definition) is 4. The fourth-order valence-corrected chi connectivity index (χ4v) is 3.59. The third kappa shape index (κ3) is 4.22. The van der Waals surface area contributed by atoms with Crippen LogP contribution in [0.4, 0.5) is 0 Å². The molecule has 1 aromatic rings. The van der Waals surface area contributed by atoms with Gasteiger partial charge in [-0.15, -0.1) is 0 Å². The lowest BCUT2D eigenvalue weighted by molar-refractivity contribution is 0.322. The van der Waals surface area contributed by atoms with E-state index < -0.39 is 0 Å². The number of phenols is 2. The molecule has 0 unspecified atom stereocenters. The van der Waals surface area contributed by atoms with Gasteiger partial charge in [0, 0.05) is 34.1 Å². The van der Waals surface area contributed by atoms with Gasteiger partial charge in [0.2, 0.25) is 0 Å². The molecular weight excluding hydrogens is 296 g/mol. The topological polar surface area (TPSA) is 80.9 Å². The van der Waals surface area contributed by atoms with Gasteiger partial charge < -0.3 is 20.4 Å². The number of benzene rings is 1. The number of phenolic OH excluding ortho intramolecular Hbond substituents is 2. The minimum atomic E-state index is -0.0573. The third-order valence-electron chi connectivity index (χ3n) is 3.23. The van der Waals surface area contributed by atoms with Crippen molar-refractivity contribution in [3.63, 3.8) is 0 Å². The van der Waals surface area contributed by atoms with Crippen molar-refractivity contribution in [2.75, 3.05) is 24.7 Å². The second-order valence-corrected chi connectivity index (χ2v) is 6.67. The monoisotopic (exact) mass is 318 g/mol. The Kier molecular flexibility index (Phi) is 7.58. The summed E-state index contributed by atoms with van der Waals surface area (Å²) in [5, 5.41) is 37.9. The van der Waals surface area contributed by atoms with Crippen LogP contribution in [-0.4, -0.2) is 45.1 Å². The Morgan fingerprint density at radius 2 is 1.10 bits per heavy atom. The molecule has 4 nitrogen and oxygen atoms in total. The maximum atomic E-state index is 10.2. The zero-order valence-corrected chi connectivity index (χ0v) is 13.5. The Morgan fingerprint density at radius 1 is 0.750 bits per heavy atom. The minimum absolute atomic E-state index is 0.0573. The van der Waals surface area contributed by atoms with E-state index in [1.54, 1.807) is 0 Å². The van der Waals surface area contributed by atoms with E-state index in [-0.39, 0.29) is 24.7 Å². The van der Waals surface area contributed by atoms with Crippen LogP contribution in [0, 0.1) is 13.8 Å². The molecule has 0 aromatic heterocycles. The van der Waals surface area contributed by atoms with Crippen LogP contribution in [0.15, 0.2) is 0 Å². The molecule has 114 valence electrons. The largest absolute Gasteiger partial charge is 0.504 e. The highest BCUT2D eigenvalue weighted by Crippen LogP contribution is 2.41. The summed E-state index contributed by atoms with van der Waals surface area (Å²) < 4.78 is 0. The molecule has 1 rings (SSSR count). The molecule has 0 aliphatic heterocycles. The first kappa shape index (κ1) is 17.5. The molecule has 20 heavy (non-hydrogen) atoms. The highest BCUT2D eigenvalue weighted by atomic mass is 32.2. The van der Waals surface area contributed by atoms with E-state index in [4.69, 9.17) is 10.2 Å². The average Bonchev–Trinajstić information content (AvgIpc) is 2.44. The lowest BCUT2D eigenvalue weighted by Crippen LogP contribution is -2.00. The first-order valence-corrected chi connectivity index (χ1v) is 8.75. The van der Waals surface area contributed by atoms with Gasteiger partial charge in [-0.3, -0.25) is 0 Å². The summed E-state index contributed by atoms with van der Waals surface area (Å²) in [6, 6.07) is 0. The predicted molar refractivity (Wildman–Crippen MR) is 85.7 cm³/mol. The second-order valence-electron chi connectivity index (χ2n) is 4.46. The predicted octanol–water partition coefficient (Wildman–Crippen LogP) is 2.17. The second kappa shape index (κ2) is 8.67. The summed E-state index contributed by atoms with van der Waals surface area (Å²) in [4.78, 5) is 0. The molecule has 0 aliphatic carbocycles. The van der Waals surface area contributed by atoms with Crippen molar-refractivity contribution >= 4 is 23.5 Å². The summed E-state index contributed by atoms with van der Waals surface area (Å²) in [5.74, 6) is 2.23. The number of rotatable bonds is 8. The van der Waals surface area contributed by atoms with Crippen molar-refractivity contribution in [3.05, 3.63) is 22.3 Å². The van der Waals surface area contributed by atoms with Gasteiger partial charge in [-0.2, -0.15) is 23.5 Å². The Bertz CT molecular complexity index is 379. The van der Waals surface area contributed by atoms with E-state index in [9.17, 15) is 10.2 Å². The van der Waals surface area contributed by atoms with Gasteiger partial charge >= 0.3 is 0 Å². The van der Waals surface area contributed by atoms with Gasteiger partial charge in [0.15, 0.2) is 11.5 Å². The van der Waals surface area contributed by atoms with E-state index in [0.29, 0.717) is 23.0 Å². The lowest BCUT2D eigenvalue weighted by atomic mass is 9.97. The van der Waals surface area contributed by atoms with Crippen LogP contribution >= 0.6 is 23.5 Å². The first-order chi connectivity index (χ1) is 9.54. The van der Waals surface area contributed by atoms with Gasteiger partial charge in [-0.1, -0.05) is 0 Å². The lowest BCUT2D eigenvalue weighted by Gasteiger charge is -2.17. The standard InChI is InChI=1S/C14H22O4S2/c1-9-10(2)12(8-20-6-4-16)14(18)13(17)11(9)7-19-5-3-15/h15-18H,3-8H2,1-2H3. The zero-order valence-electron chi connectivity index (χ0n) is 11.8. The molecule has 4 N–H and O–H groups in total. The van der Waals surface area contributed by atoms with E-state index in [1.807, 2.05) is 13.8 Å². The molecule has 0 atom stereocenters. The summed E-state index contributed by atoms with van der Waals surface area (Å²) >= 11 is 3.04. The summed E-state index contributed by atoms with van der Waals surface area (Å²) in [5.41, 5.74) is 3.42. The van der Waals surface area contributed by atoms with Crippen LogP contribution in [0.2, 0.25) is 0 Å². The third-order valence-corrected chi connectivity index (χ3v) is 5.16. The van der Waals surface area contributed by atoms with Crippen LogP contribution in [0.25, 0.3) is 0 Å². The van der Waals surface area contributed by atoms with Gasteiger partial charge in [0.25, 0.3) is 0 Å². The molecule has 0 heterocycles. The summed E-state index contributed by atoms with van der Waals surface area (Å²) in [6.07, 6.45) is 0.